The normalized spacial score (nSPS) is 21.0. The summed E-state index contributed by atoms with van der Waals surface area (Å²) < 4.78 is 0. The molecule has 0 bridgehead atoms. The molecule has 0 amide bonds. The predicted octanol–water partition coefficient (Wildman–Crippen LogP) is 8.99. The highest BCUT2D eigenvalue weighted by molar-refractivity contribution is 6.11. The van der Waals surface area contributed by atoms with E-state index in [4.69, 9.17) is 0 Å². The second-order valence-electron chi connectivity index (χ2n) is 11.8. The summed E-state index contributed by atoms with van der Waals surface area (Å²) in [5, 5.41) is 2.47. The first-order chi connectivity index (χ1) is 19.9. The van der Waals surface area contributed by atoms with Crippen LogP contribution in [0.4, 0.5) is 5.69 Å². The Morgan fingerprint density at radius 3 is 1.95 bits per heavy atom. The molecule has 0 N–H and O–H groups in total. The molecule has 7 rings (SSSR count). The largest absolute Gasteiger partial charge is 0.363 e. The Balaban J connectivity index is 1.58. The van der Waals surface area contributed by atoms with Gasteiger partial charge in [0.05, 0.1) is 11.5 Å². The average Bonchev–Trinajstić information content (AvgIpc) is 3.19. The van der Waals surface area contributed by atoms with Crippen LogP contribution in [-0.4, -0.2) is 18.4 Å². The third-order valence-corrected chi connectivity index (χ3v) is 9.42. The summed E-state index contributed by atoms with van der Waals surface area (Å²) in [6.45, 7) is 4.67. The van der Waals surface area contributed by atoms with E-state index in [-0.39, 0.29) is 5.78 Å². The molecule has 0 fully saturated rings. The number of benzene rings is 5. The first-order valence-corrected chi connectivity index (χ1v) is 14.3. The van der Waals surface area contributed by atoms with E-state index in [9.17, 15) is 4.79 Å². The first kappa shape index (κ1) is 25.3. The molecule has 1 aliphatic heterocycles. The molecule has 1 heterocycles. The van der Waals surface area contributed by atoms with E-state index in [2.05, 4.69) is 129 Å². The van der Waals surface area contributed by atoms with Crippen molar-refractivity contribution in [1.29, 1.82) is 0 Å². The molecule has 41 heavy (non-hydrogen) atoms. The second kappa shape index (κ2) is 9.45. The molecule has 0 aromatic heterocycles. The summed E-state index contributed by atoms with van der Waals surface area (Å²) in [5.74, 6) is -0.299. The molecule has 0 unspecified atom stereocenters. The zero-order valence-corrected chi connectivity index (χ0v) is 23.7. The summed E-state index contributed by atoms with van der Waals surface area (Å²) >= 11 is 0. The number of anilines is 1. The Bertz CT molecular complexity index is 1830. The van der Waals surface area contributed by atoms with Gasteiger partial charge in [-0.15, -0.1) is 0 Å². The number of hydrogen-bond acceptors (Lipinski definition) is 2. The zero-order valence-electron chi connectivity index (χ0n) is 23.7. The quantitative estimate of drug-likeness (QED) is 0.216. The Labute approximate surface area is 242 Å². The van der Waals surface area contributed by atoms with E-state index in [1.807, 2.05) is 36.4 Å². The van der Waals surface area contributed by atoms with Crippen molar-refractivity contribution in [2.75, 3.05) is 11.9 Å². The minimum atomic E-state index is -0.669. The molecule has 0 radical (unpaired) electrons. The molecular weight excluding hydrogens is 498 g/mol. The number of carbonyl (C=O) groups is 1. The SMILES string of the molecule is CN1c2ccc3ccccc3c2C(C)(C)[C@]12C=C(c1ccccc1)C=C(c1ccccc1)[C@@H]2C(=O)c1ccccc1. The van der Waals surface area contributed by atoms with Gasteiger partial charge in [0.1, 0.15) is 0 Å². The minimum Gasteiger partial charge on any atom is -0.363 e. The molecule has 200 valence electrons. The van der Waals surface area contributed by atoms with Gasteiger partial charge >= 0.3 is 0 Å². The molecule has 2 heteroatoms. The van der Waals surface area contributed by atoms with Gasteiger partial charge in [-0.25, -0.2) is 0 Å². The van der Waals surface area contributed by atoms with Crippen LogP contribution in [0.15, 0.2) is 140 Å². The van der Waals surface area contributed by atoms with E-state index in [0.717, 1.165) is 27.8 Å². The lowest BCUT2D eigenvalue weighted by Crippen LogP contribution is -2.61. The number of fused-ring (bicyclic) bond motifs is 3. The van der Waals surface area contributed by atoms with Gasteiger partial charge in [-0.1, -0.05) is 135 Å². The van der Waals surface area contributed by atoms with Gasteiger partial charge < -0.3 is 4.90 Å². The maximum atomic E-state index is 14.9. The van der Waals surface area contributed by atoms with Crippen molar-refractivity contribution < 1.29 is 4.79 Å². The van der Waals surface area contributed by atoms with Crippen LogP contribution in [0.2, 0.25) is 0 Å². The number of ketones is 1. The fourth-order valence-corrected chi connectivity index (χ4v) is 7.49. The lowest BCUT2D eigenvalue weighted by Gasteiger charge is -2.52. The van der Waals surface area contributed by atoms with Crippen LogP contribution in [0, 0.1) is 5.92 Å². The molecule has 1 aliphatic carbocycles. The molecular formula is C39H33NO. The Morgan fingerprint density at radius 2 is 1.27 bits per heavy atom. The summed E-state index contributed by atoms with van der Waals surface area (Å²) in [4.78, 5) is 17.3. The fraction of sp³-hybridized carbons (Fsp3) is 0.154. The lowest BCUT2D eigenvalue weighted by atomic mass is 9.57. The van der Waals surface area contributed by atoms with Crippen molar-refractivity contribution in [3.63, 3.8) is 0 Å². The molecule has 2 nitrogen and oxygen atoms in total. The van der Waals surface area contributed by atoms with E-state index >= 15 is 0 Å². The van der Waals surface area contributed by atoms with E-state index < -0.39 is 16.9 Å². The maximum absolute atomic E-state index is 14.9. The van der Waals surface area contributed by atoms with Crippen LogP contribution >= 0.6 is 0 Å². The second-order valence-corrected chi connectivity index (χ2v) is 11.8. The first-order valence-electron chi connectivity index (χ1n) is 14.3. The highest BCUT2D eigenvalue weighted by Gasteiger charge is 2.62. The molecule has 5 aromatic rings. The number of hydrogen-bond donors (Lipinski definition) is 0. The third kappa shape index (κ3) is 3.67. The van der Waals surface area contributed by atoms with Gasteiger partial charge in [-0.3, -0.25) is 4.79 Å². The number of allylic oxidation sites excluding steroid dienone is 2. The van der Waals surface area contributed by atoms with Crippen LogP contribution in [0.25, 0.3) is 21.9 Å². The van der Waals surface area contributed by atoms with Gasteiger partial charge in [0.15, 0.2) is 5.78 Å². The Kier molecular flexibility index (Phi) is 5.83. The highest BCUT2D eigenvalue weighted by Crippen LogP contribution is 2.61. The Morgan fingerprint density at radius 1 is 0.683 bits per heavy atom. The minimum absolute atomic E-state index is 0.140. The van der Waals surface area contributed by atoms with Crippen LogP contribution in [-0.2, 0) is 5.41 Å². The zero-order chi connectivity index (χ0) is 28.2. The van der Waals surface area contributed by atoms with Crippen LogP contribution < -0.4 is 4.90 Å². The Hall–Kier alpha value is -4.69. The molecule has 1 spiro atoms. The van der Waals surface area contributed by atoms with Gasteiger partial charge in [-0.05, 0) is 56.8 Å². The maximum Gasteiger partial charge on any atom is 0.173 e. The third-order valence-electron chi connectivity index (χ3n) is 9.42. The monoisotopic (exact) mass is 531 g/mol. The van der Waals surface area contributed by atoms with Crippen molar-refractivity contribution in [2.45, 2.75) is 24.8 Å². The molecule has 2 atom stereocenters. The van der Waals surface area contributed by atoms with Crippen molar-refractivity contribution in [3.8, 4) is 0 Å². The van der Waals surface area contributed by atoms with Gasteiger partial charge in [0, 0.05) is 23.7 Å². The van der Waals surface area contributed by atoms with E-state index in [1.54, 1.807) is 0 Å². The summed E-state index contributed by atoms with van der Waals surface area (Å²) in [6, 6.07) is 43.9. The van der Waals surface area contributed by atoms with Crippen molar-refractivity contribution in [2.24, 2.45) is 5.92 Å². The van der Waals surface area contributed by atoms with Crippen LogP contribution in [0.1, 0.15) is 40.9 Å². The van der Waals surface area contributed by atoms with Crippen molar-refractivity contribution >= 4 is 33.4 Å². The van der Waals surface area contributed by atoms with Crippen molar-refractivity contribution in [3.05, 3.63) is 162 Å². The fourth-order valence-electron chi connectivity index (χ4n) is 7.49. The topological polar surface area (TPSA) is 20.3 Å². The average molecular weight is 532 g/mol. The number of Topliss-reactive ketones (excluding diaryl/α,β-unsaturated/α-hetero) is 1. The number of rotatable bonds is 4. The molecule has 2 aliphatic rings. The highest BCUT2D eigenvalue weighted by atomic mass is 16.1. The van der Waals surface area contributed by atoms with Crippen LogP contribution in [0.3, 0.4) is 0 Å². The number of likely N-dealkylation sites (N-methyl/N-ethyl adjacent to an activating group) is 1. The summed E-state index contributed by atoms with van der Waals surface area (Å²) in [7, 11) is 2.18. The van der Waals surface area contributed by atoms with Gasteiger partial charge in [0.25, 0.3) is 0 Å². The van der Waals surface area contributed by atoms with Gasteiger partial charge in [-0.2, -0.15) is 0 Å². The van der Waals surface area contributed by atoms with Crippen LogP contribution in [0.5, 0.6) is 0 Å². The smallest absolute Gasteiger partial charge is 0.173 e. The van der Waals surface area contributed by atoms with Crippen molar-refractivity contribution in [1.82, 2.24) is 0 Å². The standard InChI is InChI=1S/C39H33NO/c1-38(2)35-32-22-14-13-19-29(32)23-24-34(35)40(3)39(38)26-31(27-15-7-4-8-16-27)25-33(28-17-9-5-10-18-28)36(39)37(41)30-20-11-6-12-21-30/h4-26,36H,1-3H3/t36-,39-/m1/s1. The summed E-state index contributed by atoms with van der Waals surface area (Å²) in [5.41, 5.74) is 6.54. The van der Waals surface area contributed by atoms with Gasteiger partial charge in [0.2, 0.25) is 0 Å². The molecule has 5 aromatic carbocycles. The molecule has 0 saturated carbocycles. The van der Waals surface area contributed by atoms with E-state index in [1.165, 1.54) is 22.0 Å². The molecule has 0 saturated heterocycles. The summed E-state index contributed by atoms with van der Waals surface area (Å²) in [6.07, 6.45) is 4.65. The lowest BCUT2D eigenvalue weighted by molar-refractivity contribution is 0.0886. The van der Waals surface area contributed by atoms with E-state index in [0.29, 0.717) is 0 Å². The predicted molar refractivity (Wildman–Crippen MR) is 171 cm³/mol. The number of nitrogens with zero attached hydrogens (tertiary/aromatic N) is 1. The number of carbonyl (C=O) groups excluding carboxylic acids is 1.